The molecule has 2 rings (SSSR count). The van der Waals surface area contributed by atoms with Gasteiger partial charge >= 0.3 is 0 Å². The van der Waals surface area contributed by atoms with Gasteiger partial charge < -0.3 is 11.1 Å². The molecule has 20 heavy (non-hydrogen) atoms. The Labute approximate surface area is 128 Å². The number of anilines is 1. The van der Waals surface area contributed by atoms with E-state index in [9.17, 15) is 0 Å². The SMILES string of the molecule is CCNC(Cc1ccccc1Br)c1cc(C)cnc1N. The Bertz CT molecular complexity index is 584. The summed E-state index contributed by atoms with van der Waals surface area (Å²) in [6.07, 6.45) is 2.69. The number of nitrogens with two attached hydrogens (primary N) is 1. The number of nitrogens with one attached hydrogen (secondary N) is 1. The lowest BCUT2D eigenvalue weighted by molar-refractivity contribution is 0.549. The quantitative estimate of drug-likeness (QED) is 0.878. The Hall–Kier alpha value is -1.39. The second kappa shape index (κ2) is 6.86. The molecule has 0 amide bonds. The summed E-state index contributed by atoms with van der Waals surface area (Å²) in [6.45, 7) is 5.03. The van der Waals surface area contributed by atoms with Gasteiger partial charge in [0.05, 0.1) is 0 Å². The fourth-order valence-corrected chi connectivity index (χ4v) is 2.75. The summed E-state index contributed by atoms with van der Waals surface area (Å²) >= 11 is 3.61. The van der Waals surface area contributed by atoms with Crippen LogP contribution >= 0.6 is 15.9 Å². The summed E-state index contributed by atoms with van der Waals surface area (Å²) < 4.78 is 1.13. The molecular formula is C16H20BrN3. The van der Waals surface area contributed by atoms with Gasteiger partial charge in [-0.2, -0.15) is 0 Å². The van der Waals surface area contributed by atoms with E-state index in [1.54, 1.807) is 6.20 Å². The van der Waals surface area contributed by atoms with Gasteiger partial charge in [-0.15, -0.1) is 0 Å². The van der Waals surface area contributed by atoms with Crippen molar-refractivity contribution in [2.24, 2.45) is 0 Å². The summed E-state index contributed by atoms with van der Waals surface area (Å²) in [4.78, 5) is 4.27. The van der Waals surface area contributed by atoms with Gasteiger partial charge in [0.1, 0.15) is 5.82 Å². The molecule has 1 aromatic carbocycles. The first kappa shape index (κ1) is 15.0. The summed E-state index contributed by atoms with van der Waals surface area (Å²) in [6, 6.07) is 10.6. The molecule has 0 bridgehead atoms. The lowest BCUT2D eigenvalue weighted by Crippen LogP contribution is -2.24. The normalized spacial score (nSPS) is 12.3. The van der Waals surface area contributed by atoms with Crippen molar-refractivity contribution in [1.29, 1.82) is 0 Å². The van der Waals surface area contributed by atoms with Crippen LogP contribution in [-0.4, -0.2) is 11.5 Å². The van der Waals surface area contributed by atoms with Gasteiger partial charge in [-0.25, -0.2) is 4.98 Å². The van der Waals surface area contributed by atoms with Crippen LogP contribution in [0.3, 0.4) is 0 Å². The fourth-order valence-electron chi connectivity index (χ4n) is 2.30. The zero-order valence-electron chi connectivity index (χ0n) is 11.9. The van der Waals surface area contributed by atoms with E-state index in [1.807, 2.05) is 13.0 Å². The monoisotopic (exact) mass is 333 g/mol. The molecule has 1 atom stereocenters. The van der Waals surface area contributed by atoms with Gasteiger partial charge in [-0.3, -0.25) is 0 Å². The van der Waals surface area contributed by atoms with Crippen molar-refractivity contribution < 1.29 is 0 Å². The molecule has 0 spiro atoms. The lowest BCUT2D eigenvalue weighted by atomic mass is 9.98. The molecule has 3 N–H and O–H groups in total. The maximum absolute atomic E-state index is 6.05. The second-order valence-electron chi connectivity index (χ2n) is 4.89. The molecule has 1 heterocycles. The van der Waals surface area contributed by atoms with Crippen molar-refractivity contribution in [3.63, 3.8) is 0 Å². The highest BCUT2D eigenvalue weighted by atomic mass is 79.9. The predicted molar refractivity (Wildman–Crippen MR) is 87.7 cm³/mol. The Morgan fingerprint density at radius 2 is 2.10 bits per heavy atom. The highest BCUT2D eigenvalue weighted by molar-refractivity contribution is 9.10. The Morgan fingerprint density at radius 1 is 1.35 bits per heavy atom. The number of hydrogen-bond donors (Lipinski definition) is 2. The average molecular weight is 334 g/mol. The number of aryl methyl sites for hydroxylation is 1. The van der Waals surface area contributed by atoms with E-state index in [1.165, 1.54) is 5.56 Å². The third-order valence-electron chi connectivity index (χ3n) is 3.29. The van der Waals surface area contributed by atoms with E-state index in [0.29, 0.717) is 5.82 Å². The number of halogens is 1. The fraction of sp³-hybridized carbons (Fsp3) is 0.312. The van der Waals surface area contributed by atoms with Gasteiger partial charge in [0.25, 0.3) is 0 Å². The van der Waals surface area contributed by atoms with Crippen LogP contribution < -0.4 is 11.1 Å². The van der Waals surface area contributed by atoms with Crippen molar-refractivity contribution in [2.75, 3.05) is 12.3 Å². The van der Waals surface area contributed by atoms with Crippen LogP contribution in [0.1, 0.15) is 29.7 Å². The van der Waals surface area contributed by atoms with Crippen LogP contribution in [0.5, 0.6) is 0 Å². The molecular weight excluding hydrogens is 314 g/mol. The highest BCUT2D eigenvalue weighted by Crippen LogP contribution is 2.26. The van der Waals surface area contributed by atoms with Crippen molar-refractivity contribution in [1.82, 2.24) is 10.3 Å². The zero-order chi connectivity index (χ0) is 14.5. The minimum Gasteiger partial charge on any atom is -0.383 e. The topological polar surface area (TPSA) is 50.9 Å². The predicted octanol–water partition coefficient (Wildman–Crippen LogP) is 3.63. The second-order valence-corrected chi connectivity index (χ2v) is 5.75. The van der Waals surface area contributed by atoms with E-state index in [-0.39, 0.29) is 6.04 Å². The number of rotatable bonds is 5. The first-order chi connectivity index (χ1) is 9.61. The Morgan fingerprint density at radius 3 is 2.80 bits per heavy atom. The Balaban J connectivity index is 2.32. The molecule has 0 radical (unpaired) electrons. The van der Waals surface area contributed by atoms with E-state index in [4.69, 9.17) is 5.73 Å². The molecule has 3 nitrogen and oxygen atoms in total. The van der Waals surface area contributed by atoms with Crippen molar-refractivity contribution in [3.05, 3.63) is 57.7 Å². The van der Waals surface area contributed by atoms with Gasteiger partial charge in [0.2, 0.25) is 0 Å². The first-order valence-corrected chi connectivity index (χ1v) is 7.60. The molecule has 4 heteroatoms. The molecule has 106 valence electrons. The molecule has 2 aromatic rings. The first-order valence-electron chi connectivity index (χ1n) is 6.80. The Kier molecular flexibility index (Phi) is 5.15. The van der Waals surface area contributed by atoms with Crippen LogP contribution in [0.4, 0.5) is 5.82 Å². The van der Waals surface area contributed by atoms with Crippen LogP contribution in [0.25, 0.3) is 0 Å². The molecule has 0 aliphatic carbocycles. The maximum Gasteiger partial charge on any atom is 0.128 e. The molecule has 1 aromatic heterocycles. The minimum absolute atomic E-state index is 0.172. The summed E-state index contributed by atoms with van der Waals surface area (Å²) in [5, 5.41) is 3.50. The van der Waals surface area contributed by atoms with Gasteiger partial charge in [-0.05, 0) is 43.1 Å². The smallest absolute Gasteiger partial charge is 0.128 e. The number of aromatic nitrogens is 1. The number of benzene rings is 1. The minimum atomic E-state index is 0.172. The third-order valence-corrected chi connectivity index (χ3v) is 4.07. The maximum atomic E-state index is 6.05. The number of nitrogens with zero attached hydrogens (tertiary/aromatic N) is 1. The molecule has 0 aliphatic heterocycles. The van der Waals surface area contributed by atoms with Crippen LogP contribution in [0.2, 0.25) is 0 Å². The van der Waals surface area contributed by atoms with E-state index in [2.05, 4.69) is 57.4 Å². The zero-order valence-corrected chi connectivity index (χ0v) is 13.4. The van der Waals surface area contributed by atoms with Crippen LogP contribution in [0.15, 0.2) is 41.0 Å². The summed E-state index contributed by atoms with van der Waals surface area (Å²) in [5.41, 5.74) is 9.51. The molecule has 0 aliphatic rings. The molecule has 0 saturated carbocycles. The average Bonchev–Trinajstić information content (AvgIpc) is 2.43. The van der Waals surface area contributed by atoms with Gasteiger partial charge in [0.15, 0.2) is 0 Å². The van der Waals surface area contributed by atoms with Crippen molar-refractivity contribution in [3.8, 4) is 0 Å². The van der Waals surface area contributed by atoms with Crippen LogP contribution in [-0.2, 0) is 6.42 Å². The van der Waals surface area contributed by atoms with Gasteiger partial charge in [0, 0.05) is 22.3 Å². The summed E-state index contributed by atoms with van der Waals surface area (Å²) in [7, 11) is 0. The molecule has 1 unspecified atom stereocenters. The van der Waals surface area contributed by atoms with E-state index in [0.717, 1.165) is 28.6 Å². The van der Waals surface area contributed by atoms with Crippen LogP contribution in [0, 0.1) is 6.92 Å². The lowest BCUT2D eigenvalue weighted by Gasteiger charge is -2.20. The third kappa shape index (κ3) is 3.58. The van der Waals surface area contributed by atoms with E-state index >= 15 is 0 Å². The number of nitrogen functional groups attached to an aromatic ring is 1. The standard InChI is InChI=1S/C16H20BrN3/c1-3-19-15(9-12-6-4-5-7-14(12)17)13-8-11(2)10-20-16(13)18/h4-8,10,15,19H,3,9H2,1-2H3,(H2,18,20). The number of hydrogen-bond acceptors (Lipinski definition) is 3. The van der Waals surface area contributed by atoms with Crippen molar-refractivity contribution in [2.45, 2.75) is 26.3 Å². The number of likely N-dealkylation sites (N-methyl/N-ethyl adjacent to an activating group) is 1. The molecule has 0 saturated heterocycles. The van der Waals surface area contributed by atoms with Gasteiger partial charge in [-0.1, -0.05) is 41.1 Å². The molecule has 0 fully saturated rings. The highest BCUT2D eigenvalue weighted by Gasteiger charge is 2.16. The number of pyridine rings is 1. The van der Waals surface area contributed by atoms with E-state index < -0.39 is 0 Å². The summed E-state index contributed by atoms with van der Waals surface area (Å²) in [5.74, 6) is 0.605. The largest absolute Gasteiger partial charge is 0.383 e. The van der Waals surface area contributed by atoms with Crippen molar-refractivity contribution >= 4 is 21.7 Å².